The first-order valence-electron chi connectivity index (χ1n) is 7.73. The highest BCUT2D eigenvalue weighted by Crippen LogP contribution is 2.31. The Morgan fingerprint density at radius 1 is 1.43 bits per heavy atom. The van der Waals surface area contributed by atoms with Crippen molar-refractivity contribution >= 4 is 32.5 Å². The molecule has 2 heterocycles. The molecule has 1 aromatic heterocycles. The normalized spacial score (nSPS) is 22.7. The van der Waals surface area contributed by atoms with Crippen LogP contribution in [0.1, 0.15) is 26.7 Å². The van der Waals surface area contributed by atoms with E-state index in [0.29, 0.717) is 12.1 Å². The maximum Gasteiger partial charge on any atom is 0.0936 e. The Morgan fingerprint density at radius 3 is 3.05 bits per heavy atom. The van der Waals surface area contributed by atoms with Crippen molar-refractivity contribution in [3.8, 4) is 0 Å². The van der Waals surface area contributed by atoms with Crippen LogP contribution in [-0.2, 0) is 0 Å². The average Bonchev–Trinajstić information content (AvgIpc) is 2.47. The maximum atomic E-state index is 4.64. The molecule has 2 atom stereocenters. The second-order valence-electron chi connectivity index (χ2n) is 5.82. The molecule has 0 amide bonds. The number of anilines is 1. The Bertz CT molecular complexity index is 628. The van der Waals surface area contributed by atoms with Crippen molar-refractivity contribution in [2.45, 2.75) is 38.8 Å². The Balaban J connectivity index is 1.90. The van der Waals surface area contributed by atoms with Crippen LogP contribution in [0, 0.1) is 0 Å². The molecular weight excluding hydrogens is 326 g/mol. The first-order chi connectivity index (χ1) is 10.2. The number of halogens is 1. The molecule has 2 unspecified atom stereocenters. The lowest BCUT2D eigenvalue weighted by molar-refractivity contribution is 0.374. The molecule has 1 fully saturated rings. The minimum atomic E-state index is 0.541. The second-order valence-corrected chi connectivity index (χ2v) is 6.74. The van der Waals surface area contributed by atoms with E-state index in [1.807, 2.05) is 6.20 Å². The van der Waals surface area contributed by atoms with Gasteiger partial charge in [-0.25, -0.2) is 0 Å². The second kappa shape index (κ2) is 6.32. The molecule has 3 rings (SSSR count). The minimum Gasteiger partial charge on any atom is -0.367 e. The van der Waals surface area contributed by atoms with Crippen LogP contribution in [0.15, 0.2) is 34.9 Å². The molecule has 4 heteroatoms. The van der Waals surface area contributed by atoms with Gasteiger partial charge in [-0.15, -0.1) is 0 Å². The summed E-state index contributed by atoms with van der Waals surface area (Å²) < 4.78 is 1.03. The molecule has 21 heavy (non-hydrogen) atoms. The summed E-state index contributed by atoms with van der Waals surface area (Å²) >= 11 is 3.51. The maximum absolute atomic E-state index is 4.64. The van der Waals surface area contributed by atoms with E-state index >= 15 is 0 Å². The number of nitrogens with zero attached hydrogens (tertiary/aromatic N) is 2. The smallest absolute Gasteiger partial charge is 0.0936 e. The van der Waals surface area contributed by atoms with E-state index < -0.39 is 0 Å². The molecular formula is C17H22BrN3. The Kier molecular flexibility index (Phi) is 4.45. The number of nitrogens with one attached hydrogen (secondary N) is 1. The van der Waals surface area contributed by atoms with Crippen molar-refractivity contribution in [3.63, 3.8) is 0 Å². The molecule has 1 aliphatic rings. The van der Waals surface area contributed by atoms with Crippen molar-refractivity contribution in [1.29, 1.82) is 0 Å². The molecule has 0 radical (unpaired) electrons. The van der Waals surface area contributed by atoms with Gasteiger partial charge in [0, 0.05) is 34.7 Å². The van der Waals surface area contributed by atoms with Gasteiger partial charge in [-0.05, 0) is 54.4 Å². The molecule has 0 aliphatic carbocycles. The molecule has 0 bridgehead atoms. The molecule has 1 aliphatic heterocycles. The van der Waals surface area contributed by atoms with E-state index in [2.05, 4.69) is 69.2 Å². The molecule has 112 valence electrons. The lowest BCUT2D eigenvalue weighted by Gasteiger charge is -2.39. The summed E-state index contributed by atoms with van der Waals surface area (Å²) in [5.41, 5.74) is 2.37. The largest absolute Gasteiger partial charge is 0.367 e. The standard InChI is InChI=1S/C17H22BrN3/c1-3-19-15-7-8-21(12(2)9-15)16-6-4-5-13-10-14(18)11-20-17(13)16/h4-6,10-12,15,19H,3,7-9H2,1-2H3. The summed E-state index contributed by atoms with van der Waals surface area (Å²) in [4.78, 5) is 7.15. The summed E-state index contributed by atoms with van der Waals surface area (Å²) in [6, 6.07) is 9.80. The summed E-state index contributed by atoms with van der Waals surface area (Å²) in [6.07, 6.45) is 4.29. The van der Waals surface area contributed by atoms with Crippen molar-refractivity contribution in [1.82, 2.24) is 10.3 Å². The van der Waals surface area contributed by atoms with Gasteiger partial charge >= 0.3 is 0 Å². The molecule has 1 saturated heterocycles. The minimum absolute atomic E-state index is 0.541. The third-order valence-corrected chi connectivity index (χ3v) is 4.77. The number of para-hydroxylation sites is 1. The van der Waals surface area contributed by atoms with E-state index in [0.717, 1.165) is 23.1 Å². The van der Waals surface area contributed by atoms with E-state index in [9.17, 15) is 0 Å². The van der Waals surface area contributed by atoms with Crippen LogP contribution in [0.4, 0.5) is 5.69 Å². The summed E-state index contributed by atoms with van der Waals surface area (Å²) in [5.74, 6) is 0. The SMILES string of the molecule is CCNC1CCN(c2cccc3cc(Br)cnc23)C(C)C1. The van der Waals surface area contributed by atoms with Gasteiger partial charge in [-0.3, -0.25) is 4.98 Å². The first-order valence-corrected chi connectivity index (χ1v) is 8.52. The summed E-state index contributed by atoms with van der Waals surface area (Å²) in [6.45, 7) is 6.65. The van der Waals surface area contributed by atoms with Gasteiger partial charge < -0.3 is 10.2 Å². The summed E-state index contributed by atoms with van der Waals surface area (Å²) in [7, 11) is 0. The third-order valence-electron chi connectivity index (χ3n) is 4.33. The predicted octanol–water partition coefficient (Wildman–Crippen LogP) is 3.96. The lowest BCUT2D eigenvalue weighted by Crippen LogP contribution is -2.47. The molecule has 3 nitrogen and oxygen atoms in total. The number of aromatic nitrogens is 1. The molecule has 1 N–H and O–H groups in total. The van der Waals surface area contributed by atoms with Crippen LogP contribution in [0.5, 0.6) is 0 Å². The topological polar surface area (TPSA) is 28.2 Å². The van der Waals surface area contributed by atoms with Crippen molar-refractivity contribution in [3.05, 3.63) is 34.9 Å². The third kappa shape index (κ3) is 3.06. The molecule has 0 spiro atoms. The van der Waals surface area contributed by atoms with Gasteiger partial charge in [-0.1, -0.05) is 19.1 Å². The quantitative estimate of drug-likeness (QED) is 0.910. The Labute approximate surface area is 134 Å². The number of pyridine rings is 1. The van der Waals surface area contributed by atoms with Gasteiger partial charge in [-0.2, -0.15) is 0 Å². The molecule has 2 aromatic rings. The highest BCUT2D eigenvalue weighted by atomic mass is 79.9. The number of benzene rings is 1. The number of hydrogen-bond donors (Lipinski definition) is 1. The van der Waals surface area contributed by atoms with Crippen LogP contribution in [-0.4, -0.2) is 30.2 Å². The van der Waals surface area contributed by atoms with E-state index in [1.54, 1.807) is 0 Å². The van der Waals surface area contributed by atoms with Gasteiger partial charge in [0.1, 0.15) is 0 Å². The summed E-state index contributed by atoms with van der Waals surface area (Å²) in [5, 5.41) is 4.78. The molecule has 1 aromatic carbocycles. The highest BCUT2D eigenvalue weighted by molar-refractivity contribution is 9.10. The first kappa shape index (κ1) is 14.8. The predicted molar refractivity (Wildman–Crippen MR) is 92.9 cm³/mol. The zero-order chi connectivity index (χ0) is 14.8. The van der Waals surface area contributed by atoms with Gasteiger partial charge in [0.05, 0.1) is 11.2 Å². The zero-order valence-electron chi connectivity index (χ0n) is 12.6. The van der Waals surface area contributed by atoms with Crippen molar-refractivity contribution in [2.24, 2.45) is 0 Å². The number of piperidine rings is 1. The van der Waals surface area contributed by atoms with E-state index in [1.165, 1.54) is 23.9 Å². The van der Waals surface area contributed by atoms with E-state index in [-0.39, 0.29) is 0 Å². The van der Waals surface area contributed by atoms with Crippen LogP contribution >= 0.6 is 15.9 Å². The zero-order valence-corrected chi connectivity index (χ0v) is 14.2. The van der Waals surface area contributed by atoms with Crippen LogP contribution in [0.3, 0.4) is 0 Å². The average molecular weight is 348 g/mol. The van der Waals surface area contributed by atoms with Gasteiger partial charge in [0.25, 0.3) is 0 Å². The van der Waals surface area contributed by atoms with Crippen molar-refractivity contribution < 1.29 is 0 Å². The van der Waals surface area contributed by atoms with Crippen LogP contribution in [0.25, 0.3) is 10.9 Å². The number of hydrogen-bond acceptors (Lipinski definition) is 3. The fourth-order valence-electron chi connectivity index (χ4n) is 3.35. The van der Waals surface area contributed by atoms with E-state index in [4.69, 9.17) is 0 Å². The monoisotopic (exact) mass is 347 g/mol. The fourth-order valence-corrected chi connectivity index (χ4v) is 3.70. The Morgan fingerprint density at radius 2 is 2.29 bits per heavy atom. The number of fused-ring (bicyclic) bond motifs is 1. The highest BCUT2D eigenvalue weighted by Gasteiger charge is 2.26. The molecule has 0 saturated carbocycles. The van der Waals surface area contributed by atoms with Crippen LogP contribution < -0.4 is 10.2 Å². The lowest BCUT2D eigenvalue weighted by atomic mass is 9.97. The number of rotatable bonds is 3. The van der Waals surface area contributed by atoms with Gasteiger partial charge in [0.2, 0.25) is 0 Å². The Hall–Kier alpha value is -1.13. The van der Waals surface area contributed by atoms with Crippen LogP contribution in [0.2, 0.25) is 0 Å². The van der Waals surface area contributed by atoms with Gasteiger partial charge in [0.15, 0.2) is 0 Å². The fraction of sp³-hybridized carbons (Fsp3) is 0.471. The van der Waals surface area contributed by atoms with Crippen molar-refractivity contribution in [2.75, 3.05) is 18.0 Å².